The predicted molar refractivity (Wildman–Crippen MR) is 155 cm³/mol. The summed E-state index contributed by atoms with van der Waals surface area (Å²) < 4.78 is 39.7. The van der Waals surface area contributed by atoms with Crippen LogP contribution in [0.2, 0.25) is 0 Å². The topological polar surface area (TPSA) is 105 Å². The second-order valence-electron chi connectivity index (χ2n) is 9.09. The van der Waals surface area contributed by atoms with E-state index < -0.39 is 28.5 Å². The molecular formula is C30H37N3O6S. The highest BCUT2D eigenvalue weighted by molar-refractivity contribution is 7.92. The van der Waals surface area contributed by atoms with Gasteiger partial charge in [-0.3, -0.25) is 13.9 Å². The maximum atomic E-state index is 14.0. The van der Waals surface area contributed by atoms with Crippen molar-refractivity contribution in [3.8, 4) is 11.5 Å². The summed E-state index contributed by atoms with van der Waals surface area (Å²) in [5.41, 5.74) is 1.14. The highest BCUT2D eigenvalue weighted by atomic mass is 32.2. The van der Waals surface area contributed by atoms with Gasteiger partial charge in [-0.15, -0.1) is 0 Å². The quantitative estimate of drug-likeness (QED) is 0.313. The molecule has 10 heteroatoms. The first-order valence-corrected chi connectivity index (χ1v) is 14.6. The van der Waals surface area contributed by atoms with Crippen LogP contribution in [-0.4, -0.2) is 58.5 Å². The Kier molecular flexibility index (Phi) is 11.0. The van der Waals surface area contributed by atoms with E-state index in [1.165, 1.54) is 37.3 Å². The first-order chi connectivity index (χ1) is 19.3. The molecule has 0 aliphatic rings. The van der Waals surface area contributed by atoms with Crippen molar-refractivity contribution in [2.75, 3.05) is 31.6 Å². The third kappa shape index (κ3) is 7.32. The standard InChI is InChI=1S/C30H37N3O6S/c1-5-19-31-30(35)26(6-2)32(21-23-13-9-7-10-14-23)29(34)22-33(24-15-11-8-12-16-24)40(36,37)25-17-18-27(38-3)28(20-25)39-4/h7-18,20,26H,5-6,19,21-22H2,1-4H3,(H,31,35). The van der Waals surface area contributed by atoms with Crippen molar-refractivity contribution in [1.82, 2.24) is 10.2 Å². The molecule has 2 amide bonds. The molecule has 0 fully saturated rings. The second kappa shape index (κ2) is 14.4. The molecule has 0 aromatic heterocycles. The molecular weight excluding hydrogens is 530 g/mol. The lowest BCUT2D eigenvalue weighted by molar-refractivity contribution is -0.140. The molecule has 3 rings (SSSR count). The maximum Gasteiger partial charge on any atom is 0.264 e. The number of rotatable bonds is 14. The van der Waals surface area contributed by atoms with Crippen LogP contribution in [0, 0.1) is 0 Å². The molecule has 3 aromatic rings. The van der Waals surface area contributed by atoms with Gasteiger partial charge in [0.05, 0.1) is 24.8 Å². The lowest BCUT2D eigenvalue weighted by Crippen LogP contribution is -2.52. The van der Waals surface area contributed by atoms with Gasteiger partial charge in [0, 0.05) is 19.2 Å². The summed E-state index contributed by atoms with van der Waals surface area (Å²) in [4.78, 5) is 28.5. The summed E-state index contributed by atoms with van der Waals surface area (Å²) in [6.45, 7) is 3.90. The number of nitrogens with zero attached hydrogens (tertiary/aromatic N) is 2. The summed E-state index contributed by atoms with van der Waals surface area (Å²) in [6, 6.07) is 21.2. The van der Waals surface area contributed by atoms with Gasteiger partial charge in [-0.2, -0.15) is 0 Å². The lowest BCUT2D eigenvalue weighted by Gasteiger charge is -2.33. The van der Waals surface area contributed by atoms with E-state index in [0.717, 1.165) is 16.3 Å². The van der Waals surface area contributed by atoms with Gasteiger partial charge in [0.25, 0.3) is 10.0 Å². The summed E-state index contributed by atoms with van der Waals surface area (Å²) in [7, 11) is -1.35. The van der Waals surface area contributed by atoms with E-state index >= 15 is 0 Å². The Hall–Kier alpha value is -4.05. The Morgan fingerprint density at radius 3 is 2.08 bits per heavy atom. The summed E-state index contributed by atoms with van der Waals surface area (Å²) >= 11 is 0. The van der Waals surface area contributed by atoms with Crippen LogP contribution in [0.25, 0.3) is 0 Å². The number of benzene rings is 3. The molecule has 0 radical (unpaired) electrons. The van der Waals surface area contributed by atoms with Crippen LogP contribution in [0.5, 0.6) is 11.5 Å². The highest BCUT2D eigenvalue weighted by Crippen LogP contribution is 2.32. The van der Waals surface area contributed by atoms with E-state index in [1.807, 2.05) is 44.2 Å². The van der Waals surface area contributed by atoms with Crippen LogP contribution < -0.4 is 19.1 Å². The Balaban J connectivity index is 2.05. The van der Waals surface area contributed by atoms with Gasteiger partial charge in [-0.1, -0.05) is 62.4 Å². The number of ether oxygens (including phenoxy) is 2. The Morgan fingerprint density at radius 2 is 1.50 bits per heavy atom. The molecule has 0 spiro atoms. The molecule has 1 N–H and O–H groups in total. The second-order valence-corrected chi connectivity index (χ2v) is 10.9. The lowest BCUT2D eigenvalue weighted by atomic mass is 10.1. The van der Waals surface area contributed by atoms with E-state index in [4.69, 9.17) is 9.47 Å². The number of amides is 2. The van der Waals surface area contributed by atoms with E-state index in [1.54, 1.807) is 30.3 Å². The molecule has 0 aliphatic carbocycles. The molecule has 0 bridgehead atoms. The molecule has 214 valence electrons. The van der Waals surface area contributed by atoms with Crippen LogP contribution in [0.15, 0.2) is 83.8 Å². The van der Waals surface area contributed by atoms with Crippen molar-refractivity contribution < 1.29 is 27.5 Å². The first kappa shape index (κ1) is 30.5. The normalized spacial score (nSPS) is 11.8. The van der Waals surface area contributed by atoms with Crippen LogP contribution in [-0.2, 0) is 26.2 Å². The van der Waals surface area contributed by atoms with E-state index in [9.17, 15) is 18.0 Å². The van der Waals surface area contributed by atoms with Crippen LogP contribution in [0.4, 0.5) is 5.69 Å². The number of methoxy groups -OCH3 is 2. The fourth-order valence-electron chi connectivity index (χ4n) is 4.29. The molecule has 0 heterocycles. The zero-order chi connectivity index (χ0) is 29.1. The maximum absolute atomic E-state index is 14.0. The number of hydrogen-bond acceptors (Lipinski definition) is 6. The van der Waals surface area contributed by atoms with Crippen molar-refractivity contribution in [3.05, 3.63) is 84.4 Å². The Labute approximate surface area is 236 Å². The van der Waals surface area contributed by atoms with Gasteiger partial charge in [-0.25, -0.2) is 8.42 Å². The van der Waals surface area contributed by atoms with E-state index in [2.05, 4.69) is 5.32 Å². The Morgan fingerprint density at radius 1 is 0.875 bits per heavy atom. The van der Waals surface area contributed by atoms with Crippen molar-refractivity contribution >= 4 is 27.5 Å². The monoisotopic (exact) mass is 567 g/mol. The summed E-state index contributed by atoms with van der Waals surface area (Å²) in [5.74, 6) is -0.160. The first-order valence-electron chi connectivity index (χ1n) is 13.2. The van der Waals surface area contributed by atoms with Gasteiger partial charge in [-0.05, 0) is 42.7 Å². The highest BCUT2D eigenvalue weighted by Gasteiger charge is 2.34. The molecule has 1 unspecified atom stereocenters. The SMILES string of the molecule is CCCNC(=O)C(CC)N(Cc1ccccc1)C(=O)CN(c1ccccc1)S(=O)(=O)c1ccc(OC)c(OC)c1. The zero-order valence-electron chi connectivity index (χ0n) is 23.4. The Bertz CT molecular complexity index is 1370. The fraction of sp³-hybridized carbons (Fsp3) is 0.333. The fourth-order valence-corrected chi connectivity index (χ4v) is 5.72. The van der Waals surface area contributed by atoms with Gasteiger partial charge in [0.2, 0.25) is 11.8 Å². The van der Waals surface area contributed by atoms with Crippen LogP contribution in [0.1, 0.15) is 32.3 Å². The molecule has 0 aliphatic heterocycles. The van der Waals surface area contributed by atoms with Crippen molar-refractivity contribution in [2.45, 2.75) is 44.2 Å². The molecule has 0 saturated heterocycles. The molecule has 0 saturated carbocycles. The third-order valence-corrected chi connectivity index (χ3v) is 8.17. The number of carbonyl (C=O) groups is 2. The van der Waals surface area contributed by atoms with E-state index in [-0.39, 0.29) is 23.1 Å². The average Bonchev–Trinajstić information content (AvgIpc) is 2.98. The van der Waals surface area contributed by atoms with Gasteiger partial charge in [0.15, 0.2) is 11.5 Å². The van der Waals surface area contributed by atoms with Crippen LogP contribution in [0.3, 0.4) is 0 Å². The number of sulfonamides is 1. The largest absolute Gasteiger partial charge is 0.493 e. The van der Waals surface area contributed by atoms with Gasteiger partial charge in [0.1, 0.15) is 12.6 Å². The van der Waals surface area contributed by atoms with Gasteiger partial charge < -0.3 is 19.7 Å². The average molecular weight is 568 g/mol. The third-order valence-electron chi connectivity index (χ3n) is 6.40. The molecule has 3 aromatic carbocycles. The predicted octanol–water partition coefficient (Wildman–Crippen LogP) is 4.23. The minimum Gasteiger partial charge on any atom is -0.493 e. The van der Waals surface area contributed by atoms with Gasteiger partial charge >= 0.3 is 0 Å². The molecule has 9 nitrogen and oxygen atoms in total. The number of carbonyl (C=O) groups excluding carboxylic acids is 2. The number of nitrogens with one attached hydrogen (secondary N) is 1. The minimum atomic E-state index is -4.23. The van der Waals surface area contributed by atoms with E-state index in [0.29, 0.717) is 24.4 Å². The van der Waals surface area contributed by atoms with Crippen molar-refractivity contribution in [3.63, 3.8) is 0 Å². The number of hydrogen-bond donors (Lipinski definition) is 1. The zero-order valence-corrected chi connectivity index (χ0v) is 24.2. The summed E-state index contributed by atoms with van der Waals surface area (Å²) in [6.07, 6.45) is 1.11. The van der Waals surface area contributed by atoms with Crippen molar-refractivity contribution in [2.24, 2.45) is 0 Å². The van der Waals surface area contributed by atoms with Crippen LogP contribution >= 0.6 is 0 Å². The summed E-state index contributed by atoms with van der Waals surface area (Å²) in [5, 5.41) is 2.88. The minimum absolute atomic E-state index is 0.0656. The molecule has 40 heavy (non-hydrogen) atoms. The number of para-hydroxylation sites is 1. The number of anilines is 1. The smallest absolute Gasteiger partial charge is 0.264 e. The van der Waals surface area contributed by atoms with Crippen molar-refractivity contribution in [1.29, 1.82) is 0 Å². The molecule has 1 atom stereocenters.